The first kappa shape index (κ1) is 22.5. The Morgan fingerprint density at radius 1 is 0.909 bits per heavy atom. The van der Waals surface area contributed by atoms with Crippen LogP contribution in [0.15, 0.2) is 97.2 Å². The van der Waals surface area contributed by atoms with E-state index in [9.17, 15) is 10.0 Å². The van der Waals surface area contributed by atoms with E-state index >= 15 is 0 Å². The van der Waals surface area contributed by atoms with Crippen molar-refractivity contribution >= 4 is 23.2 Å². The van der Waals surface area contributed by atoms with Gasteiger partial charge >= 0.3 is 0 Å². The van der Waals surface area contributed by atoms with Gasteiger partial charge in [-0.2, -0.15) is 4.73 Å². The number of anilines is 1. The van der Waals surface area contributed by atoms with Crippen molar-refractivity contribution in [2.75, 3.05) is 5.32 Å². The van der Waals surface area contributed by atoms with Crippen molar-refractivity contribution < 1.29 is 9.52 Å². The summed E-state index contributed by atoms with van der Waals surface area (Å²) < 4.78 is 0.781. The van der Waals surface area contributed by atoms with Gasteiger partial charge in [-0.3, -0.25) is 4.79 Å². The predicted molar refractivity (Wildman–Crippen MR) is 132 cm³/mol. The SMILES string of the molecule is Cc1c(-c2ccc(NC(=O)[C@@H](N)C(c3ccccc3)c3ccccc3)cc2)c(Cl)cc[n+]1[O-]. The Morgan fingerprint density at radius 2 is 1.45 bits per heavy atom. The summed E-state index contributed by atoms with van der Waals surface area (Å²) in [6.07, 6.45) is 1.38. The molecule has 0 saturated carbocycles. The third kappa shape index (κ3) is 4.90. The van der Waals surface area contributed by atoms with Crippen LogP contribution in [0.4, 0.5) is 5.69 Å². The number of nitrogens with one attached hydrogen (secondary N) is 1. The van der Waals surface area contributed by atoms with Gasteiger partial charge < -0.3 is 16.3 Å². The van der Waals surface area contributed by atoms with Crippen LogP contribution in [0.3, 0.4) is 0 Å². The number of nitrogens with zero attached hydrogens (tertiary/aromatic N) is 1. The Hall–Kier alpha value is -3.67. The third-order valence-electron chi connectivity index (χ3n) is 5.71. The lowest BCUT2D eigenvalue weighted by molar-refractivity contribution is -0.611. The molecule has 3 aromatic carbocycles. The molecule has 1 aromatic heterocycles. The summed E-state index contributed by atoms with van der Waals surface area (Å²) in [5, 5.41) is 15.3. The van der Waals surface area contributed by atoms with E-state index in [0.717, 1.165) is 21.4 Å². The highest BCUT2D eigenvalue weighted by atomic mass is 35.5. The van der Waals surface area contributed by atoms with Crippen LogP contribution < -0.4 is 15.8 Å². The number of rotatable bonds is 6. The van der Waals surface area contributed by atoms with Crippen molar-refractivity contribution in [1.82, 2.24) is 0 Å². The van der Waals surface area contributed by atoms with Gasteiger partial charge in [-0.25, -0.2) is 0 Å². The molecule has 5 nitrogen and oxygen atoms in total. The molecule has 166 valence electrons. The number of nitrogens with two attached hydrogens (primary N) is 1. The summed E-state index contributed by atoms with van der Waals surface area (Å²) in [4.78, 5) is 13.1. The number of aromatic nitrogens is 1. The van der Waals surface area contributed by atoms with Crippen LogP contribution in [0.2, 0.25) is 5.02 Å². The average molecular weight is 458 g/mol. The first-order chi connectivity index (χ1) is 16.0. The normalized spacial score (nSPS) is 11.9. The van der Waals surface area contributed by atoms with Crippen molar-refractivity contribution in [1.29, 1.82) is 0 Å². The Kier molecular flexibility index (Phi) is 6.73. The lowest BCUT2D eigenvalue weighted by Crippen LogP contribution is -2.41. The van der Waals surface area contributed by atoms with Gasteiger partial charge in [0, 0.05) is 24.6 Å². The summed E-state index contributed by atoms with van der Waals surface area (Å²) in [6, 6.07) is 27.5. The highest BCUT2D eigenvalue weighted by Gasteiger charge is 2.27. The van der Waals surface area contributed by atoms with E-state index < -0.39 is 6.04 Å². The molecule has 1 heterocycles. The highest BCUT2D eigenvalue weighted by molar-refractivity contribution is 6.33. The van der Waals surface area contributed by atoms with Gasteiger partial charge in [0.05, 0.1) is 16.6 Å². The number of benzene rings is 3. The highest BCUT2D eigenvalue weighted by Crippen LogP contribution is 2.31. The zero-order valence-electron chi connectivity index (χ0n) is 18.1. The second-order valence-electron chi connectivity index (χ2n) is 7.84. The quantitative estimate of drug-likeness (QED) is 0.314. The van der Waals surface area contributed by atoms with E-state index in [1.54, 1.807) is 25.1 Å². The molecule has 4 rings (SSSR count). The number of pyridine rings is 1. The molecule has 0 radical (unpaired) electrons. The van der Waals surface area contributed by atoms with Gasteiger partial charge in [-0.15, -0.1) is 0 Å². The van der Waals surface area contributed by atoms with Crippen LogP contribution in [0.25, 0.3) is 11.1 Å². The van der Waals surface area contributed by atoms with E-state index in [4.69, 9.17) is 17.3 Å². The van der Waals surface area contributed by atoms with Gasteiger partial charge in [-0.1, -0.05) is 84.4 Å². The van der Waals surface area contributed by atoms with Crippen molar-refractivity contribution in [3.63, 3.8) is 0 Å². The summed E-state index contributed by atoms with van der Waals surface area (Å²) in [6.45, 7) is 1.72. The van der Waals surface area contributed by atoms with Crippen molar-refractivity contribution in [2.24, 2.45) is 5.73 Å². The molecule has 0 spiro atoms. The largest absolute Gasteiger partial charge is 0.618 e. The predicted octanol–water partition coefficient (Wildman–Crippen LogP) is 5.05. The Labute approximate surface area is 198 Å². The fourth-order valence-corrected chi connectivity index (χ4v) is 4.29. The minimum atomic E-state index is -0.792. The molecular weight excluding hydrogens is 434 g/mol. The second-order valence-corrected chi connectivity index (χ2v) is 8.25. The monoisotopic (exact) mass is 457 g/mol. The van der Waals surface area contributed by atoms with Gasteiger partial charge in [0.2, 0.25) is 5.91 Å². The summed E-state index contributed by atoms with van der Waals surface area (Å²) in [5.74, 6) is -0.572. The molecule has 0 fully saturated rings. The van der Waals surface area contributed by atoms with E-state index in [1.807, 2.05) is 72.8 Å². The second kappa shape index (κ2) is 9.86. The van der Waals surface area contributed by atoms with E-state index in [-0.39, 0.29) is 11.8 Å². The Bertz CT molecular complexity index is 1210. The average Bonchev–Trinajstić information content (AvgIpc) is 2.84. The van der Waals surface area contributed by atoms with Crippen molar-refractivity contribution in [2.45, 2.75) is 18.9 Å². The number of carbonyl (C=O) groups excluding carboxylic acids is 1. The maximum Gasteiger partial charge on any atom is 0.242 e. The third-order valence-corrected chi connectivity index (χ3v) is 6.02. The van der Waals surface area contributed by atoms with Crippen LogP contribution in [-0.4, -0.2) is 11.9 Å². The van der Waals surface area contributed by atoms with Gasteiger partial charge in [0.15, 0.2) is 11.9 Å². The molecule has 1 atom stereocenters. The Balaban J connectivity index is 1.57. The lowest BCUT2D eigenvalue weighted by atomic mass is 9.85. The number of carbonyl (C=O) groups is 1. The summed E-state index contributed by atoms with van der Waals surface area (Å²) in [7, 11) is 0. The maximum absolute atomic E-state index is 13.1. The van der Waals surface area contributed by atoms with Crippen molar-refractivity contribution in [3.05, 3.63) is 124 Å². The topological polar surface area (TPSA) is 82.1 Å². The molecule has 3 N–H and O–H groups in total. The van der Waals surface area contributed by atoms with E-state index in [1.165, 1.54) is 6.20 Å². The molecule has 33 heavy (non-hydrogen) atoms. The maximum atomic E-state index is 13.1. The lowest BCUT2D eigenvalue weighted by Gasteiger charge is -2.24. The minimum absolute atomic E-state index is 0.285. The smallest absolute Gasteiger partial charge is 0.242 e. The molecule has 0 unspecified atom stereocenters. The fraction of sp³-hybridized carbons (Fsp3) is 0.111. The number of hydrogen-bond acceptors (Lipinski definition) is 3. The first-order valence-electron chi connectivity index (χ1n) is 10.6. The molecule has 4 aromatic rings. The molecule has 6 heteroatoms. The first-order valence-corrected chi connectivity index (χ1v) is 11.0. The van der Waals surface area contributed by atoms with Crippen LogP contribution >= 0.6 is 11.6 Å². The van der Waals surface area contributed by atoms with Crippen molar-refractivity contribution in [3.8, 4) is 11.1 Å². The standard InChI is InChI=1S/C27H24ClN3O2/c1-18-24(23(28)16-17-31(18)33)21-12-14-22(15-13-21)30-27(32)26(29)25(19-8-4-2-5-9-19)20-10-6-3-7-11-20/h2-17,25-26H,29H2,1H3,(H,30,32)/t26-/m0/s1. The van der Waals surface area contributed by atoms with Gasteiger partial charge in [0.25, 0.3) is 0 Å². The van der Waals surface area contributed by atoms with E-state index in [0.29, 0.717) is 22.0 Å². The molecule has 0 aliphatic heterocycles. The Morgan fingerprint density at radius 3 is 2.00 bits per heavy atom. The number of halogens is 1. The number of amides is 1. The van der Waals surface area contributed by atoms with E-state index in [2.05, 4.69) is 5.32 Å². The van der Waals surface area contributed by atoms with Gasteiger partial charge in [-0.05, 0) is 28.8 Å². The zero-order chi connectivity index (χ0) is 23.4. The molecule has 0 saturated heterocycles. The molecule has 0 aliphatic carbocycles. The molecule has 0 aliphatic rings. The zero-order valence-corrected chi connectivity index (χ0v) is 18.9. The number of hydrogen-bond donors (Lipinski definition) is 2. The van der Waals surface area contributed by atoms with Crippen LogP contribution in [0, 0.1) is 12.1 Å². The summed E-state index contributed by atoms with van der Waals surface area (Å²) >= 11 is 6.31. The van der Waals surface area contributed by atoms with Crippen LogP contribution in [-0.2, 0) is 4.79 Å². The minimum Gasteiger partial charge on any atom is -0.618 e. The molecule has 1 amide bonds. The fourth-order valence-electron chi connectivity index (χ4n) is 3.98. The van der Waals surface area contributed by atoms with Crippen LogP contribution in [0.5, 0.6) is 0 Å². The van der Waals surface area contributed by atoms with Gasteiger partial charge in [0.1, 0.15) is 0 Å². The molecular formula is C27H24ClN3O2. The summed E-state index contributed by atoms with van der Waals surface area (Å²) in [5.41, 5.74) is 11.0. The molecule has 0 bridgehead atoms. The van der Waals surface area contributed by atoms with Crippen LogP contribution in [0.1, 0.15) is 22.7 Å².